The lowest BCUT2D eigenvalue weighted by atomic mass is 10.3. The normalized spacial score (nSPS) is 20.6. The first-order valence-corrected chi connectivity index (χ1v) is 7.54. The molecule has 108 valence electrons. The minimum atomic E-state index is -0.359. The number of thioether (sulfide) groups is 1. The smallest absolute Gasteiger partial charge is 0.294 e. The van der Waals surface area contributed by atoms with E-state index in [0.717, 1.165) is 35.6 Å². The average molecular weight is 302 g/mol. The second-order valence-corrected chi connectivity index (χ2v) is 5.84. The molecule has 0 spiro atoms. The van der Waals surface area contributed by atoms with Crippen LogP contribution in [0.2, 0.25) is 0 Å². The Labute approximate surface area is 127 Å². The third-order valence-electron chi connectivity index (χ3n) is 3.43. The van der Waals surface area contributed by atoms with Crippen LogP contribution < -0.4 is 4.90 Å². The van der Waals surface area contributed by atoms with Crippen molar-refractivity contribution in [2.75, 3.05) is 24.5 Å². The Kier molecular flexibility index (Phi) is 3.76. The van der Waals surface area contributed by atoms with Crippen molar-refractivity contribution in [3.05, 3.63) is 22.8 Å². The Morgan fingerprint density at radius 3 is 2.81 bits per heavy atom. The molecule has 6 heteroatoms. The first kappa shape index (κ1) is 13.8. The summed E-state index contributed by atoms with van der Waals surface area (Å²) in [6.07, 6.45) is 9.09. The second kappa shape index (κ2) is 5.70. The van der Waals surface area contributed by atoms with Crippen molar-refractivity contribution in [3.8, 4) is 12.3 Å². The van der Waals surface area contributed by atoms with Crippen LogP contribution in [0.25, 0.3) is 6.08 Å². The Morgan fingerprint density at radius 2 is 2.10 bits per heavy atom. The third kappa shape index (κ3) is 2.69. The van der Waals surface area contributed by atoms with Gasteiger partial charge < -0.3 is 9.32 Å². The first-order chi connectivity index (χ1) is 10.2. The lowest BCUT2D eigenvalue weighted by molar-refractivity contribution is -0.122. The van der Waals surface area contributed by atoms with E-state index in [2.05, 4.69) is 10.8 Å². The van der Waals surface area contributed by atoms with Gasteiger partial charge in [-0.2, -0.15) is 0 Å². The van der Waals surface area contributed by atoms with Crippen LogP contribution >= 0.6 is 11.8 Å². The summed E-state index contributed by atoms with van der Waals surface area (Å²) in [6.45, 7) is 1.98. The highest BCUT2D eigenvalue weighted by molar-refractivity contribution is 8.18. The molecule has 3 rings (SSSR count). The number of carbonyl (C=O) groups is 2. The summed E-state index contributed by atoms with van der Waals surface area (Å²) in [5, 5.41) is -0.337. The molecule has 0 aliphatic carbocycles. The topological polar surface area (TPSA) is 53.8 Å². The number of rotatable bonds is 3. The molecule has 21 heavy (non-hydrogen) atoms. The summed E-state index contributed by atoms with van der Waals surface area (Å²) in [5.41, 5.74) is 0. The first-order valence-electron chi connectivity index (χ1n) is 6.72. The molecule has 0 atom stereocenters. The van der Waals surface area contributed by atoms with E-state index in [1.54, 1.807) is 6.08 Å². The van der Waals surface area contributed by atoms with E-state index in [4.69, 9.17) is 10.8 Å². The summed E-state index contributed by atoms with van der Waals surface area (Å²) < 4.78 is 5.72. The maximum Gasteiger partial charge on any atom is 0.294 e. The summed E-state index contributed by atoms with van der Waals surface area (Å²) in [6, 6.07) is 3.70. The molecule has 0 radical (unpaired) electrons. The minimum absolute atomic E-state index is 0.000804. The molecule has 2 aliphatic rings. The number of terminal acetylenes is 1. The molecule has 2 amide bonds. The predicted molar refractivity (Wildman–Crippen MR) is 81.7 cm³/mol. The molecule has 2 aliphatic heterocycles. The largest absolute Gasteiger partial charge is 0.441 e. The van der Waals surface area contributed by atoms with Gasteiger partial charge in [-0.3, -0.25) is 14.5 Å². The van der Waals surface area contributed by atoms with Gasteiger partial charge in [-0.25, -0.2) is 0 Å². The Morgan fingerprint density at radius 1 is 1.33 bits per heavy atom. The molecule has 0 N–H and O–H groups in total. The molecule has 2 saturated heterocycles. The Hall–Kier alpha value is -2.13. The molecule has 1 aromatic rings. The molecule has 0 bridgehead atoms. The standard InChI is InChI=1S/C15H14N2O3S/c1-2-7-17-14(18)12(21-15(17)19)10-11-5-6-13(20-11)16-8-3-4-9-16/h1,5-6,10H,3-4,7-9H2/b12-10-. The lowest BCUT2D eigenvalue weighted by Gasteiger charge is -2.12. The van der Waals surface area contributed by atoms with Crippen molar-refractivity contribution in [3.63, 3.8) is 0 Å². The minimum Gasteiger partial charge on any atom is -0.441 e. The lowest BCUT2D eigenvalue weighted by Crippen LogP contribution is -2.28. The summed E-state index contributed by atoms with van der Waals surface area (Å²) >= 11 is 0.887. The van der Waals surface area contributed by atoms with Crippen LogP contribution in [0.4, 0.5) is 10.7 Å². The number of furan rings is 1. The van der Waals surface area contributed by atoms with E-state index in [9.17, 15) is 9.59 Å². The zero-order valence-electron chi connectivity index (χ0n) is 11.4. The van der Waals surface area contributed by atoms with Crippen molar-refractivity contribution < 1.29 is 14.0 Å². The number of imide groups is 1. The average Bonchev–Trinajstić information content (AvgIpc) is 3.17. The van der Waals surface area contributed by atoms with E-state index in [0.29, 0.717) is 10.7 Å². The van der Waals surface area contributed by atoms with Crippen LogP contribution in [0.15, 0.2) is 21.5 Å². The number of hydrogen-bond donors (Lipinski definition) is 0. The van der Waals surface area contributed by atoms with Gasteiger partial charge in [-0.1, -0.05) is 5.92 Å². The predicted octanol–water partition coefficient (Wildman–Crippen LogP) is 2.55. The van der Waals surface area contributed by atoms with Crippen molar-refractivity contribution in [2.24, 2.45) is 0 Å². The highest BCUT2D eigenvalue weighted by Gasteiger charge is 2.34. The number of anilines is 1. The fourth-order valence-electron chi connectivity index (χ4n) is 2.38. The molecule has 0 aromatic carbocycles. The van der Waals surface area contributed by atoms with Gasteiger partial charge in [0, 0.05) is 25.2 Å². The van der Waals surface area contributed by atoms with Crippen LogP contribution in [-0.4, -0.2) is 35.7 Å². The van der Waals surface area contributed by atoms with E-state index in [1.807, 2.05) is 12.1 Å². The van der Waals surface area contributed by atoms with E-state index in [1.165, 1.54) is 12.8 Å². The van der Waals surface area contributed by atoms with Gasteiger partial charge in [0.25, 0.3) is 11.1 Å². The van der Waals surface area contributed by atoms with E-state index < -0.39 is 0 Å². The van der Waals surface area contributed by atoms with Crippen molar-refractivity contribution in [2.45, 2.75) is 12.8 Å². The third-order valence-corrected chi connectivity index (χ3v) is 4.33. The molecule has 0 unspecified atom stereocenters. The fourth-order valence-corrected chi connectivity index (χ4v) is 3.20. The summed E-state index contributed by atoms with van der Waals surface area (Å²) in [4.78, 5) is 27.3. The van der Waals surface area contributed by atoms with Gasteiger partial charge in [0.1, 0.15) is 5.76 Å². The van der Waals surface area contributed by atoms with Crippen LogP contribution in [0, 0.1) is 12.3 Å². The molecular weight excluding hydrogens is 288 g/mol. The maximum absolute atomic E-state index is 12.0. The fraction of sp³-hybridized carbons (Fsp3) is 0.333. The monoisotopic (exact) mass is 302 g/mol. The SMILES string of the molecule is C#CCN1C(=O)S/C(=C\c2ccc(N3CCCC3)o2)C1=O. The molecule has 0 saturated carbocycles. The van der Waals surface area contributed by atoms with Crippen LogP contribution in [-0.2, 0) is 4.79 Å². The van der Waals surface area contributed by atoms with Gasteiger partial charge in [0.15, 0.2) is 5.88 Å². The summed E-state index contributed by atoms with van der Waals surface area (Å²) in [5.74, 6) is 3.33. The van der Waals surface area contributed by atoms with Gasteiger partial charge >= 0.3 is 0 Å². The second-order valence-electron chi connectivity index (χ2n) is 4.84. The quantitative estimate of drug-likeness (QED) is 0.634. The van der Waals surface area contributed by atoms with Gasteiger partial charge in [0.05, 0.1) is 11.4 Å². The van der Waals surface area contributed by atoms with Crippen molar-refractivity contribution >= 4 is 34.9 Å². The van der Waals surface area contributed by atoms with Gasteiger partial charge in [-0.15, -0.1) is 6.42 Å². The zero-order valence-corrected chi connectivity index (χ0v) is 12.2. The Balaban J connectivity index is 1.78. The molecule has 3 heterocycles. The maximum atomic E-state index is 12.0. The number of carbonyl (C=O) groups excluding carboxylic acids is 2. The highest BCUT2D eigenvalue weighted by Crippen LogP contribution is 2.33. The van der Waals surface area contributed by atoms with Crippen molar-refractivity contribution in [1.82, 2.24) is 4.90 Å². The molecule has 2 fully saturated rings. The molecule has 5 nitrogen and oxygen atoms in total. The Bertz CT molecular complexity index is 650. The van der Waals surface area contributed by atoms with Crippen LogP contribution in [0.1, 0.15) is 18.6 Å². The number of hydrogen-bond acceptors (Lipinski definition) is 5. The van der Waals surface area contributed by atoms with Crippen LogP contribution in [0.5, 0.6) is 0 Å². The summed E-state index contributed by atoms with van der Waals surface area (Å²) in [7, 11) is 0. The molecule has 1 aromatic heterocycles. The van der Waals surface area contributed by atoms with E-state index in [-0.39, 0.29) is 17.7 Å². The molecular formula is C15H14N2O3S. The van der Waals surface area contributed by atoms with Gasteiger partial charge in [-0.05, 0) is 30.7 Å². The van der Waals surface area contributed by atoms with Crippen molar-refractivity contribution in [1.29, 1.82) is 0 Å². The van der Waals surface area contributed by atoms with E-state index >= 15 is 0 Å². The van der Waals surface area contributed by atoms with Crippen LogP contribution in [0.3, 0.4) is 0 Å². The number of nitrogens with zero attached hydrogens (tertiary/aromatic N) is 2. The van der Waals surface area contributed by atoms with Gasteiger partial charge in [0.2, 0.25) is 0 Å². The zero-order chi connectivity index (χ0) is 14.8. The highest BCUT2D eigenvalue weighted by atomic mass is 32.2. The number of amides is 2.